The number of benzene rings is 1. The summed E-state index contributed by atoms with van der Waals surface area (Å²) >= 11 is 0. The maximum atomic E-state index is 8.50. The SMILES string of the molecule is CC.CC(C)Nc1ncnc(N)c1C(=N)c1cc2ccccc2[nH]1. The van der Waals surface area contributed by atoms with Crippen molar-refractivity contribution in [2.24, 2.45) is 0 Å². The molecule has 3 rings (SSSR count). The predicted octanol–water partition coefficient (Wildman–Crippen LogP) is 3.80. The maximum Gasteiger partial charge on any atom is 0.141 e. The molecule has 0 radical (unpaired) electrons. The van der Waals surface area contributed by atoms with Gasteiger partial charge in [0.25, 0.3) is 0 Å². The molecule has 1 aromatic carbocycles. The van der Waals surface area contributed by atoms with Gasteiger partial charge in [-0.05, 0) is 26.0 Å². The summed E-state index contributed by atoms with van der Waals surface area (Å²) in [6, 6.07) is 10.0. The van der Waals surface area contributed by atoms with Gasteiger partial charge >= 0.3 is 0 Å². The lowest BCUT2D eigenvalue weighted by atomic mass is 10.1. The van der Waals surface area contributed by atoms with E-state index in [1.807, 2.05) is 58.0 Å². The molecular formula is C18H24N6. The summed E-state index contributed by atoms with van der Waals surface area (Å²) in [4.78, 5) is 11.5. The fourth-order valence-corrected chi connectivity index (χ4v) is 2.37. The molecule has 0 bridgehead atoms. The lowest BCUT2D eigenvalue weighted by molar-refractivity contribution is 0.885. The first-order valence-electron chi connectivity index (χ1n) is 8.10. The summed E-state index contributed by atoms with van der Waals surface area (Å²) in [6.07, 6.45) is 1.40. The highest BCUT2D eigenvalue weighted by atomic mass is 15.1. The van der Waals surface area contributed by atoms with E-state index in [2.05, 4.69) is 20.3 Å². The normalized spacial score (nSPS) is 10.4. The van der Waals surface area contributed by atoms with Crippen molar-refractivity contribution in [2.45, 2.75) is 33.7 Å². The number of rotatable bonds is 4. The summed E-state index contributed by atoms with van der Waals surface area (Å²) < 4.78 is 0. The van der Waals surface area contributed by atoms with Gasteiger partial charge in [0.1, 0.15) is 18.0 Å². The molecule has 6 nitrogen and oxygen atoms in total. The molecule has 5 N–H and O–H groups in total. The average Bonchev–Trinajstić information content (AvgIpc) is 3.00. The Morgan fingerprint density at radius 2 is 1.92 bits per heavy atom. The van der Waals surface area contributed by atoms with Crippen LogP contribution in [0.4, 0.5) is 11.6 Å². The number of aromatic nitrogens is 3. The van der Waals surface area contributed by atoms with Gasteiger partial charge in [0.05, 0.1) is 17.0 Å². The number of anilines is 2. The lowest BCUT2D eigenvalue weighted by Gasteiger charge is -2.14. The highest BCUT2D eigenvalue weighted by molar-refractivity contribution is 6.16. The molecular weight excluding hydrogens is 300 g/mol. The van der Waals surface area contributed by atoms with Crippen LogP contribution in [0.2, 0.25) is 0 Å². The Kier molecular flexibility index (Phi) is 5.52. The highest BCUT2D eigenvalue weighted by Gasteiger charge is 2.18. The third-order valence-electron chi connectivity index (χ3n) is 3.35. The first-order valence-corrected chi connectivity index (χ1v) is 8.10. The Morgan fingerprint density at radius 3 is 2.58 bits per heavy atom. The Bertz CT molecular complexity index is 801. The minimum absolute atomic E-state index is 0.184. The molecule has 126 valence electrons. The molecule has 0 saturated carbocycles. The lowest BCUT2D eigenvalue weighted by Crippen LogP contribution is -2.18. The van der Waals surface area contributed by atoms with Crippen LogP contribution in [0, 0.1) is 5.41 Å². The van der Waals surface area contributed by atoms with Crippen LogP contribution in [0.25, 0.3) is 10.9 Å². The van der Waals surface area contributed by atoms with Gasteiger partial charge < -0.3 is 16.0 Å². The zero-order valence-electron chi connectivity index (χ0n) is 14.5. The number of H-pyrrole nitrogens is 1. The van der Waals surface area contributed by atoms with Crippen molar-refractivity contribution in [3.63, 3.8) is 0 Å². The van der Waals surface area contributed by atoms with E-state index in [4.69, 9.17) is 11.1 Å². The van der Waals surface area contributed by atoms with Crippen molar-refractivity contribution in [3.05, 3.63) is 47.9 Å². The number of aromatic amines is 1. The third-order valence-corrected chi connectivity index (χ3v) is 3.35. The summed E-state index contributed by atoms with van der Waals surface area (Å²) in [7, 11) is 0. The highest BCUT2D eigenvalue weighted by Crippen LogP contribution is 2.24. The van der Waals surface area contributed by atoms with E-state index in [1.165, 1.54) is 6.33 Å². The molecule has 2 heterocycles. The van der Waals surface area contributed by atoms with Gasteiger partial charge in [-0.15, -0.1) is 0 Å². The van der Waals surface area contributed by atoms with Crippen LogP contribution in [0.3, 0.4) is 0 Å². The Balaban J connectivity index is 0.00000100. The predicted molar refractivity (Wildman–Crippen MR) is 101 cm³/mol. The second-order valence-electron chi connectivity index (χ2n) is 5.43. The summed E-state index contributed by atoms with van der Waals surface area (Å²) in [5.41, 5.74) is 8.45. The minimum Gasteiger partial charge on any atom is -0.383 e. The van der Waals surface area contributed by atoms with Crippen molar-refractivity contribution in [2.75, 3.05) is 11.1 Å². The molecule has 0 aliphatic heterocycles. The molecule has 0 unspecified atom stereocenters. The van der Waals surface area contributed by atoms with E-state index in [0.717, 1.165) is 10.9 Å². The van der Waals surface area contributed by atoms with Gasteiger partial charge in [0.15, 0.2) is 0 Å². The molecule has 2 aromatic heterocycles. The van der Waals surface area contributed by atoms with Crippen LogP contribution in [0.1, 0.15) is 39.0 Å². The van der Waals surface area contributed by atoms with Crippen LogP contribution in [0.15, 0.2) is 36.7 Å². The number of nitrogens with one attached hydrogen (secondary N) is 3. The largest absolute Gasteiger partial charge is 0.383 e. The van der Waals surface area contributed by atoms with E-state index in [0.29, 0.717) is 22.9 Å². The topological polar surface area (TPSA) is 103 Å². The van der Waals surface area contributed by atoms with E-state index >= 15 is 0 Å². The van der Waals surface area contributed by atoms with Gasteiger partial charge in [-0.3, -0.25) is 5.41 Å². The molecule has 0 atom stereocenters. The molecule has 24 heavy (non-hydrogen) atoms. The summed E-state index contributed by atoms with van der Waals surface area (Å²) in [5.74, 6) is 0.868. The number of hydrogen-bond donors (Lipinski definition) is 4. The molecule has 0 fully saturated rings. The molecule has 0 amide bonds. The minimum atomic E-state index is 0.184. The number of nitrogens with zero attached hydrogens (tertiary/aromatic N) is 2. The molecule has 0 saturated heterocycles. The van der Waals surface area contributed by atoms with E-state index < -0.39 is 0 Å². The van der Waals surface area contributed by atoms with E-state index in [9.17, 15) is 0 Å². The van der Waals surface area contributed by atoms with Crippen LogP contribution in [-0.4, -0.2) is 26.7 Å². The first kappa shape index (κ1) is 17.5. The molecule has 3 aromatic rings. The van der Waals surface area contributed by atoms with Crippen LogP contribution in [0.5, 0.6) is 0 Å². The zero-order chi connectivity index (χ0) is 17.7. The van der Waals surface area contributed by atoms with Gasteiger partial charge in [0.2, 0.25) is 0 Å². The van der Waals surface area contributed by atoms with Crippen molar-refractivity contribution in [3.8, 4) is 0 Å². The quantitative estimate of drug-likeness (QED) is 0.548. The maximum absolute atomic E-state index is 8.50. The summed E-state index contributed by atoms with van der Waals surface area (Å²) in [5, 5.41) is 12.8. The number of nitrogen functional groups attached to an aromatic ring is 1. The number of hydrogen-bond acceptors (Lipinski definition) is 5. The van der Waals surface area contributed by atoms with Crippen LogP contribution < -0.4 is 11.1 Å². The second kappa shape index (κ2) is 7.59. The monoisotopic (exact) mass is 324 g/mol. The first-order chi connectivity index (χ1) is 11.6. The van der Waals surface area contributed by atoms with Crippen molar-refractivity contribution in [1.29, 1.82) is 5.41 Å². The number of para-hydroxylation sites is 1. The molecule has 0 spiro atoms. The van der Waals surface area contributed by atoms with Gasteiger partial charge in [-0.1, -0.05) is 32.0 Å². The van der Waals surface area contributed by atoms with Gasteiger partial charge in [-0.2, -0.15) is 0 Å². The Labute approximate surface area is 142 Å². The standard InChI is InChI=1S/C16H18N6.C2H6/c1-9(2)21-16-13(15(18)19-8-20-16)14(17)12-7-10-5-3-4-6-11(10)22-12;1-2/h3-9,17,22H,1-2H3,(H3,18,19,20,21);1-2H3. The number of fused-ring (bicyclic) bond motifs is 1. The van der Waals surface area contributed by atoms with Crippen molar-refractivity contribution >= 4 is 28.3 Å². The molecule has 6 heteroatoms. The zero-order valence-corrected chi connectivity index (χ0v) is 14.5. The molecule has 0 aliphatic carbocycles. The summed E-state index contributed by atoms with van der Waals surface area (Å²) in [6.45, 7) is 8.02. The van der Waals surface area contributed by atoms with Gasteiger partial charge in [-0.25, -0.2) is 9.97 Å². The average molecular weight is 324 g/mol. The fraction of sp³-hybridized carbons (Fsp3) is 0.278. The number of nitrogens with two attached hydrogens (primary N) is 1. The Morgan fingerprint density at radius 1 is 1.21 bits per heavy atom. The van der Waals surface area contributed by atoms with E-state index in [1.54, 1.807) is 0 Å². The Hall–Kier alpha value is -2.89. The van der Waals surface area contributed by atoms with Gasteiger partial charge in [0, 0.05) is 16.9 Å². The van der Waals surface area contributed by atoms with Crippen LogP contribution in [-0.2, 0) is 0 Å². The fourth-order valence-electron chi connectivity index (χ4n) is 2.37. The van der Waals surface area contributed by atoms with Crippen LogP contribution >= 0.6 is 0 Å². The van der Waals surface area contributed by atoms with E-state index in [-0.39, 0.29) is 11.8 Å². The van der Waals surface area contributed by atoms with Crippen molar-refractivity contribution in [1.82, 2.24) is 15.0 Å². The van der Waals surface area contributed by atoms with Crippen molar-refractivity contribution < 1.29 is 0 Å². The second-order valence-corrected chi connectivity index (χ2v) is 5.43. The molecule has 0 aliphatic rings. The smallest absolute Gasteiger partial charge is 0.141 e. The third kappa shape index (κ3) is 3.53.